The van der Waals surface area contributed by atoms with Gasteiger partial charge in [-0.25, -0.2) is 0 Å². The van der Waals surface area contributed by atoms with Gasteiger partial charge in [-0.1, -0.05) is 59.0 Å². The van der Waals surface area contributed by atoms with Crippen LogP contribution in [0.3, 0.4) is 0 Å². The smallest absolute Gasteiger partial charge is 1.00 e. The van der Waals surface area contributed by atoms with E-state index in [4.69, 9.17) is 18.9 Å². The van der Waals surface area contributed by atoms with E-state index < -0.39 is 68.5 Å². The van der Waals surface area contributed by atoms with E-state index in [1.807, 2.05) is 29.2 Å². The number of Topliss-reactive ketones (excluding diaryl/α,β-unsaturated/α-hetero) is 4. The molecule has 8 heterocycles. The molecule has 8 bridgehead atoms. The monoisotopic (exact) mass is 2090 g/mol. The molecule has 8 aliphatic heterocycles. The van der Waals surface area contributed by atoms with Crippen LogP contribution in [-0.2, 0) is 79.7 Å². The van der Waals surface area contributed by atoms with Gasteiger partial charge in [0.15, 0.2) is 70.5 Å². The topological polar surface area (TPSA) is 274 Å². The van der Waals surface area contributed by atoms with Crippen molar-refractivity contribution in [1.29, 1.82) is 0 Å². The van der Waals surface area contributed by atoms with Crippen molar-refractivity contribution >= 4 is 45.7 Å². The Kier molecular flexibility index (Phi) is 29.3. The number of benzene rings is 4. The summed E-state index contributed by atoms with van der Waals surface area (Å²) >= 11 is 2.15. The third-order valence-electron chi connectivity index (χ3n) is 32.2. The molecule has 4 aromatic carbocycles. The molecule has 8 saturated carbocycles. The van der Waals surface area contributed by atoms with Crippen molar-refractivity contribution in [3.05, 3.63) is 126 Å². The van der Waals surface area contributed by atoms with Crippen molar-refractivity contribution in [3.63, 3.8) is 0 Å². The summed E-state index contributed by atoms with van der Waals surface area (Å²) in [5, 5.41) is 88.8. The number of rotatable bonds is 10. The van der Waals surface area contributed by atoms with Crippen molar-refractivity contribution in [2.75, 3.05) is 71.4 Å². The van der Waals surface area contributed by atoms with Crippen molar-refractivity contribution in [2.24, 2.45) is 23.7 Å². The SMILES string of the molecule is CI.C[N+]1(CC2CC2)CCC23c4c5ccc(CO)c4OC2C(=O)CCC3(O)C1C5.C[N+]1(CC2CC2)CCC23c4c5ccc(O)c4OC2C(=O)CCC3(O)C1C5.O=C1CCC2(O)C3Cc4ccc(CO)c5c4C2(CCN3CC2CC2)C1O5.O=C1CCC2(O)C3Cc4ccc(O)c5c4C2(CCN3CC2CC2)C1O5.[Br-].[Br-].[CH3-].[CH3-].[CH3-].[I-].[I-].[Na+].[Na+].[Na+]. The van der Waals surface area contributed by atoms with E-state index in [2.05, 4.69) is 58.6 Å². The number of nitrogens with zero attached hydrogens (tertiary/aromatic N) is 4. The van der Waals surface area contributed by atoms with Gasteiger partial charge in [0, 0.05) is 122 Å². The van der Waals surface area contributed by atoms with E-state index in [-0.39, 0.29) is 265 Å². The van der Waals surface area contributed by atoms with E-state index in [1.165, 1.54) is 62.5 Å². The quantitative estimate of drug-likeness (QED) is 0.0241. The predicted octanol–water partition coefficient (Wildman–Crippen LogP) is -12.6. The van der Waals surface area contributed by atoms with Crippen molar-refractivity contribution < 1.29 is 259 Å². The van der Waals surface area contributed by atoms with Gasteiger partial charge in [0.1, 0.15) is 34.8 Å². The van der Waals surface area contributed by atoms with Crippen LogP contribution < -0.4 is 190 Å². The second-order valence-electron chi connectivity index (χ2n) is 37.2. The Morgan fingerprint density at radius 2 is 0.698 bits per heavy atom. The summed E-state index contributed by atoms with van der Waals surface area (Å²) in [5.74, 6) is 5.97. The van der Waals surface area contributed by atoms with Gasteiger partial charge in [-0.05, 0) is 167 Å². The molecule has 20 aliphatic rings. The van der Waals surface area contributed by atoms with Crippen LogP contribution in [0, 0.1) is 46.0 Å². The van der Waals surface area contributed by atoms with Gasteiger partial charge in [0.2, 0.25) is 0 Å². The summed E-state index contributed by atoms with van der Waals surface area (Å²) in [6.07, 6.45) is 17.8. The molecule has 18 unspecified atom stereocenters. The second-order valence-corrected chi connectivity index (χ2v) is 37.2. The van der Waals surface area contributed by atoms with Crippen LogP contribution in [0.2, 0.25) is 0 Å². The zero-order valence-corrected chi connectivity index (χ0v) is 84.8. The first-order valence-electron chi connectivity index (χ1n) is 40.4. The molecule has 0 aromatic heterocycles. The number of carbonyl (C=O) groups excluding carboxylic acids is 4. The normalized spacial score (nSPS) is 38.4. The third kappa shape index (κ3) is 13.6. The molecule has 0 amide bonds. The van der Waals surface area contributed by atoms with Gasteiger partial charge in [-0.2, -0.15) is 0 Å². The zero-order valence-electron chi connectivity index (χ0n) is 69.1. The number of likely N-dealkylation sites (tertiary alicyclic amines) is 4. The Morgan fingerprint density at radius 1 is 0.414 bits per heavy atom. The summed E-state index contributed by atoms with van der Waals surface area (Å²) in [4.78, 5) is 58.2. The largest absolute Gasteiger partial charge is 1.00 e. The Balaban J connectivity index is 0.000000158. The average molecular weight is 2090 g/mol. The van der Waals surface area contributed by atoms with Gasteiger partial charge < -0.3 is 173 Å². The summed E-state index contributed by atoms with van der Waals surface area (Å²) in [6, 6.07) is 15.7. The maximum absolute atomic E-state index is 12.9. The first kappa shape index (κ1) is 98.3. The van der Waals surface area contributed by atoms with Crippen LogP contribution in [0.1, 0.15) is 184 Å². The van der Waals surface area contributed by atoms with Gasteiger partial charge >= 0.3 is 88.7 Å². The van der Waals surface area contributed by atoms with E-state index in [9.17, 15) is 60.0 Å². The number of phenolic OH excluding ortho intramolecular Hbond substituents is 2. The maximum Gasteiger partial charge on any atom is 1.00 e. The van der Waals surface area contributed by atoms with Crippen molar-refractivity contribution in [3.8, 4) is 34.5 Å². The molecule has 12 aliphatic carbocycles. The van der Waals surface area contributed by atoms with Crippen molar-refractivity contribution in [1.82, 2.24) is 9.80 Å². The number of piperidine rings is 4. The van der Waals surface area contributed by atoms with Crippen LogP contribution >= 0.6 is 22.6 Å². The molecule has 0 radical (unpaired) electrons. The fraction of sp³-hybridized carbons (Fsp3) is 0.648. The molecule has 8 N–H and O–H groups in total. The van der Waals surface area contributed by atoms with E-state index >= 15 is 0 Å². The number of hydrogen-bond acceptors (Lipinski definition) is 18. The van der Waals surface area contributed by atoms with Crippen LogP contribution in [0.4, 0.5) is 0 Å². The predicted molar refractivity (Wildman–Crippen MR) is 416 cm³/mol. The van der Waals surface area contributed by atoms with E-state index in [1.54, 1.807) is 12.1 Å². The molecule has 4 saturated heterocycles. The number of halogens is 5. The zero-order chi connectivity index (χ0) is 73.2. The number of ether oxygens (including phenoxy) is 4. The van der Waals surface area contributed by atoms with Gasteiger partial charge in [0.05, 0.1) is 86.4 Å². The molecule has 28 heteroatoms. The standard InChI is InChI=1S/C22H28NO4.2C21H25NO4.C20H23NO4.CH3I.3CH3.2BrH.2HI.3Na/c1-23(11-13-2-3-13)9-8-21-18-14-4-5-15(12-24)19(18)27-20(21)16(25)6-7-22(21,26)17(23)10-14;1-22(11-12-2-3-12)9-8-20-17-13-4-5-14(23)18(17)26-19(20)15(24)6-7-21(20,25)16(22)10-13;23-11-14-4-3-13-9-16-21(25)6-5-15(24)19-20(21,17(13)18(14)26-19)7-8-22(16)10-12-1-2-12;22-13-4-3-12-9-15-20(24)6-5-14(23)18-19(20,16(12)17(13)25-18)7-8-21(15)10-11-1-2-11;1-2;;;;;;;;;;/h4-5,13,17,20,24,26H,2-3,6-12H2,1H3;4-5,12,16,19,25H,2-3,6-11H2,1H3;3-4,12,16,19,23,25H,1-2,5-11H2;3-4,11,15,18,22,24H,1-2,5-10H2;1H3;3*1H3;4*1H;;;/q+1;;;;;3*-1;;;;;3*+1/p-3. The van der Waals surface area contributed by atoms with E-state index in [0.717, 1.165) is 181 Å². The molecule has 20 nitrogen and oxygen atoms in total. The Morgan fingerprint density at radius 3 is 1.02 bits per heavy atom. The number of carbonyl (C=O) groups is 4. The molecule has 4 aromatic rings. The fourth-order valence-electron chi connectivity index (χ4n) is 26.8. The summed E-state index contributed by atoms with van der Waals surface area (Å²) < 4.78 is 26.4. The number of phenols is 2. The molecule has 622 valence electrons. The van der Waals surface area contributed by atoms with Crippen molar-refractivity contribution in [2.45, 2.75) is 260 Å². The summed E-state index contributed by atoms with van der Waals surface area (Å²) in [7, 11) is 4.63. The van der Waals surface area contributed by atoms with Crippen LogP contribution in [-0.4, -0.2) is 225 Å². The summed E-state index contributed by atoms with van der Waals surface area (Å²) in [6.45, 7) is 7.95. The number of likely N-dealkylation sites (N-methyl/N-ethyl adjacent to an activating group) is 2. The minimum absolute atomic E-state index is 0. The van der Waals surface area contributed by atoms with Crippen LogP contribution in [0.15, 0.2) is 48.5 Å². The average Bonchev–Trinajstić information content (AvgIpc) is 1.48. The minimum Gasteiger partial charge on any atom is -1.00 e. The number of ketones is 4. The number of aliphatic hydroxyl groups excluding tert-OH is 2. The van der Waals surface area contributed by atoms with Crippen LogP contribution in [0.5, 0.6) is 34.5 Å². The molecule has 24 rings (SSSR count). The number of quaternary nitrogens is 2. The number of aromatic hydroxyl groups is 2. The molecule has 4 spiro atoms. The van der Waals surface area contributed by atoms with Gasteiger partial charge in [0.25, 0.3) is 0 Å². The fourth-order valence-corrected chi connectivity index (χ4v) is 26.8. The first-order chi connectivity index (χ1) is 50.9. The maximum atomic E-state index is 12.9. The molecule has 116 heavy (non-hydrogen) atoms. The number of aliphatic hydroxyl groups is 6. The third-order valence-corrected chi connectivity index (χ3v) is 32.2. The second kappa shape index (κ2) is 34.6. The molecular weight excluding hydrogens is 1980 g/mol. The molecule has 18 atom stereocenters. The number of hydrogen-bond donors (Lipinski definition) is 8. The molecular formula is C88H114Br2I3N4Na3O16-2. The summed E-state index contributed by atoms with van der Waals surface area (Å²) in [5.41, 5.74) is 3.86. The van der Waals surface area contributed by atoms with Crippen LogP contribution in [0.25, 0.3) is 0 Å². The first-order valence-corrected chi connectivity index (χ1v) is 42.5. The Labute approximate surface area is 820 Å². The Bertz CT molecular complexity index is 4490. The minimum atomic E-state index is -0.940. The van der Waals surface area contributed by atoms with Gasteiger partial charge in [-0.3, -0.25) is 29.0 Å². The van der Waals surface area contributed by atoms with Gasteiger partial charge in [-0.15, -0.1) is 0 Å². The number of alkyl halides is 1. The van der Waals surface area contributed by atoms with E-state index in [0.29, 0.717) is 74.4 Å². The Hall–Kier alpha value is 0.110. The molecule has 12 fully saturated rings.